The first kappa shape index (κ1) is 34.4. The van der Waals surface area contributed by atoms with Crippen LogP contribution in [0.5, 0.6) is 0 Å². The lowest BCUT2D eigenvalue weighted by atomic mass is 9.98. The molecule has 7 heteroatoms. The van der Waals surface area contributed by atoms with E-state index in [0.717, 1.165) is 25.7 Å². The van der Waals surface area contributed by atoms with Crippen LogP contribution < -0.4 is 10.4 Å². The van der Waals surface area contributed by atoms with Crippen LogP contribution in [-0.2, 0) is 13.3 Å². The second-order valence-corrected chi connectivity index (χ2v) is 26.5. The van der Waals surface area contributed by atoms with Crippen LogP contribution in [-0.4, -0.2) is 51.5 Å². The Kier molecular flexibility index (Phi) is 12.7. The molecule has 0 saturated carbocycles. The molecule has 0 N–H and O–H groups in total. The summed E-state index contributed by atoms with van der Waals surface area (Å²) >= 11 is 0. The van der Waals surface area contributed by atoms with Crippen molar-refractivity contribution in [3.63, 3.8) is 0 Å². The fourth-order valence-electron chi connectivity index (χ4n) is 6.38. The first-order chi connectivity index (χ1) is 18.3. The second kappa shape index (κ2) is 14.4. The summed E-state index contributed by atoms with van der Waals surface area (Å²) in [7, 11) is -7.45. The van der Waals surface area contributed by atoms with Gasteiger partial charge in [0.05, 0.1) is 20.1 Å². The third-order valence-corrected chi connectivity index (χ3v) is 22.1. The van der Waals surface area contributed by atoms with Crippen molar-refractivity contribution >= 4 is 44.8 Å². The zero-order valence-corrected chi connectivity index (χ0v) is 31.4. The van der Waals surface area contributed by atoms with Gasteiger partial charge in [0.1, 0.15) is 0 Å². The maximum atomic E-state index is 7.76. The fraction of sp³-hybridized carbons (Fsp3) is 0.625. The van der Waals surface area contributed by atoms with Gasteiger partial charge in [-0.15, -0.1) is 0 Å². The molecule has 220 valence electrons. The summed E-state index contributed by atoms with van der Waals surface area (Å²) in [5, 5.41) is 2.32. The van der Waals surface area contributed by atoms with Crippen molar-refractivity contribution in [3.05, 3.63) is 60.7 Å². The van der Waals surface area contributed by atoms with Gasteiger partial charge < -0.3 is 13.3 Å². The topological polar surface area (TPSA) is 27.7 Å². The molecule has 0 spiro atoms. The van der Waals surface area contributed by atoms with E-state index in [9.17, 15) is 0 Å². The van der Waals surface area contributed by atoms with Crippen LogP contribution in [0.15, 0.2) is 60.7 Å². The number of hydrogen-bond donors (Lipinski definition) is 0. The molecule has 0 aliphatic rings. The fourth-order valence-corrected chi connectivity index (χ4v) is 19.8. The third-order valence-electron chi connectivity index (χ3n) is 9.34. The van der Waals surface area contributed by atoms with Gasteiger partial charge in [-0.25, -0.2) is 0 Å². The van der Waals surface area contributed by atoms with Gasteiger partial charge in [0, 0.05) is 10.8 Å². The quantitative estimate of drug-likeness (QED) is 0.187. The maximum absolute atomic E-state index is 7.76. The van der Waals surface area contributed by atoms with E-state index in [1.165, 1.54) is 10.4 Å². The molecule has 0 bridgehead atoms. The molecule has 0 aliphatic heterocycles. The van der Waals surface area contributed by atoms with Gasteiger partial charge in [-0.2, -0.15) is 0 Å². The first-order valence-corrected chi connectivity index (χ1v) is 26.0. The molecule has 0 fully saturated rings. The average molecular weight is 603 g/mol. The standard InChI is InChI=1S/C32H58O3Si4/c1-13-29(33-38(11,12)32(6,16-4)35-37(9)10)31(5,15-3)39(27-23-19-17-20-24-27,28-25-21-18-22-26-28)34-30(14-2)36(7)8/h17-26,29-30,36-37H,13-16H2,1-12H3/t29?,30?,31?,32-/m1/s1. The van der Waals surface area contributed by atoms with Crippen LogP contribution in [0.1, 0.15) is 67.2 Å². The van der Waals surface area contributed by atoms with E-state index in [1.807, 2.05) is 0 Å². The molecule has 0 aromatic heterocycles. The Balaban J connectivity index is 2.87. The highest BCUT2D eigenvalue weighted by Gasteiger charge is 2.60. The minimum absolute atomic E-state index is 0.0610. The first-order valence-electron chi connectivity index (χ1n) is 15.4. The maximum Gasteiger partial charge on any atom is 0.263 e. The lowest BCUT2D eigenvalue weighted by Crippen LogP contribution is -2.73. The predicted octanol–water partition coefficient (Wildman–Crippen LogP) is 7.45. The number of rotatable bonds is 16. The van der Waals surface area contributed by atoms with Gasteiger partial charge in [-0.3, -0.25) is 0 Å². The van der Waals surface area contributed by atoms with Crippen molar-refractivity contribution in [3.8, 4) is 0 Å². The third kappa shape index (κ3) is 7.16. The van der Waals surface area contributed by atoms with Crippen molar-refractivity contribution in [1.29, 1.82) is 0 Å². The van der Waals surface area contributed by atoms with E-state index in [0.29, 0.717) is 5.73 Å². The molecule has 4 atom stereocenters. The van der Waals surface area contributed by atoms with Crippen LogP contribution in [0.25, 0.3) is 0 Å². The summed E-state index contributed by atoms with van der Waals surface area (Å²) in [5.41, 5.74) is 0.307. The molecule has 0 aliphatic carbocycles. The number of hydrogen-bond acceptors (Lipinski definition) is 3. The highest BCUT2D eigenvalue weighted by molar-refractivity contribution is 7.00. The average Bonchev–Trinajstić information content (AvgIpc) is 2.92. The van der Waals surface area contributed by atoms with Gasteiger partial charge in [0.25, 0.3) is 8.32 Å². The van der Waals surface area contributed by atoms with Crippen molar-refractivity contribution in [1.82, 2.24) is 0 Å². The molecule has 0 amide bonds. The molecule has 39 heavy (non-hydrogen) atoms. The monoisotopic (exact) mass is 602 g/mol. The van der Waals surface area contributed by atoms with Gasteiger partial charge >= 0.3 is 0 Å². The van der Waals surface area contributed by atoms with Crippen molar-refractivity contribution < 1.29 is 13.3 Å². The van der Waals surface area contributed by atoms with E-state index >= 15 is 0 Å². The molecule has 3 unspecified atom stereocenters. The lowest BCUT2D eigenvalue weighted by molar-refractivity contribution is 0.0693. The second-order valence-electron chi connectivity index (χ2n) is 12.8. The molecule has 2 aromatic rings. The minimum Gasteiger partial charge on any atom is -0.415 e. The highest BCUT2D eigenvalue weighted by Crippen LogP contribution is 2.49. The lowest BCUT2D eigenvalue weighted by Gasteiger charge is -2.55. The number of benzene rings is 2. The van der Waals surface area contributed by atoms with E-state index in [1.54, 1.807) is 0 Å². The molecule has 0 radical (unpaired) electrons. The van der Waals surface area contributed by atoms with E-state index < -0.39 is 34.5 Å². The van der Waals surface area contributed by atoms with Crippen LogP contribution in [0.3, 0.4) is 0 Å². The summed E-state index contributed by atoms with van der Waals surface area (Å²) in [6, 6.07) is 22.4. The minimum atomic E-state index is -2.83. The Morgan fingerprint density at radius 2 is 1.21 bits per heavy atom. The van der Waals surface area contributed by atoms with Crippen molar-refractivity contribution in [2.24, 2.45) is 0 Å². The van der Waals surface area contributed by atoms with Crippen LogP contribution in [0.2, 0.25) is 44.3 Å². The van der Waals surface area contributed by atoms with Gasteiger partial charge in [-0.1, -0.05) is 108 Å². The molecular weight excluding hydrogens is 545 g/mol. The van der Waals surface area contributed by atoms with E-state index in [4.69, 9.17) is 13.3 Å². The normalized spacial score (nSPS) is 17.6. The van der Waals surface area contributed by atoms with Gasteiger partial charge in [-0.05, 0) is 69.2 Å². The Morgan fingerprint density at radius 3 is 1.54 bits per heavy atom. The molecule has 0 saturated heterocycles. The Hall–Kier alpha value is -0.812. The van der Waals surface area contributed by atoms with Crippen LogP contribution in [0.4, 0.5) is 0 Å². The smallest absolute Gasteiger partial charge is 0.263 e. The molecule has 2 rings (SSSR count). The van der Waals surface area contributed by atoms with E-state index in [2.05, 4.69) is 141 Å². The summed E-state index contributed by atoms with van der Waals surface area (Å²) in [6.45, 7) is 28.3. The molecule has 3 nitrogen and oxygen atoms in total. The van der Waals surface area contributed by atoms with E-state index in [-0.39, 0.29) is 16.4 Å². The van der Waals surface area contributed by atoms with Crippen molar-refractivity contribution in [2.75, 3.05) is 0 Å². The summed E-state index contributed by atoms with van der Waals surface area (Å²) in [4.78, 5) is 0. The zero-order chi connectivity index (χ0) is 29.5. The molecule has 0 heterocycles. The van der Waals surface area contributed by atoms with Crippen LogP contribution >= 0.6 is 0 Å². The Morgan fingerprint density at radius 1 is 0.718 bits per heavy atom. The van der Waals surface area contributed by atoms with Crippen LogP contribution in [0, 0.1) is 0 Å². The van der Waals surface area contributed by atoms with Gasteiger partial charge in [0.15, 0.2) is 9.04 Å². The largest absolute Gasteiger partial charge is 0.415 e. The zero-order valence-electron chi connectivity index (χ0n) is 27.1. The Bertz CT molecular complexity index is 946. The SMILES string of the molecule is CCC(O[Si](c1ccccc1)(c1ccccc1)C(C)(CC)C(CC)O[Si](C)(C)[C@](C)(CC)O[SiH](C)C)[SiH](C)C. The predicted molar refractivity (Wildman–Crippen MR) is 182 cm³/mol. The molecule has 2 aromatic carbocycles. The summed E-state index contributed by atoms with van der Waals surface area (Å²) < 4.78 is 22.1. The van der Waals surface area contributed by atoms with Crippen molar-refractivity contribution in [2.45, 2.75) is 129 Å². The Labute approximate surface area is 246 Å². The molecular formula is C32H58O3Si4. The van der Waals surface area contributed by atoms with Gasteiger partial charge in [0.2, 0.25) is 8.32 Å². The highest BCUT2D eigenvalue weighted by atomic mass is 28.4. The summed E-state index contributed by atoms with van der Waals surface area (Å²) in [6.07, 6.45) is 4.03. The summed E-state index contributed by atoms with van der Waals surface area (Å²) in [5.74, 6) is 0.